The van der Waals surface area contributed by atoms with Crippen LogP contribution in [0, 0.1) is 0 Å². The van der Waals surface area contributed by atoms with Gasteiger partial charge in [0.2, 0.25) is 0 Å². The van der Waals surface area contributed by atoms with Gasteiger partial charge >= 0.3 is 12.1 Å². The Balaban J connectivity index is 3.28. The van der Waals surface area contributed by atoms with E-state index in [0.29, 0.717) is 6.07 Å². The van der Waals surface area contributed by atoms with Crippen LogP contribution in [0.2, 0.25) is 0 Å². The summed E-state index contributed by atoms with van der Waals surface area (Å²) in [5, 5.41) is 11.9. The summed E-state index contributed by atoms with van der Waals surface area (Å²) in [6.45, 7) is 3.11. The number of alkyl halides is 3. The van der Waals surface area contributed by atoms with Crippen LogP contribution in [0.5, 0.6) is 0 Å². The van der Waals surface area contributed by atoms with Gasteiger partial charge in [0.1, 0.15) is 5.69 Å². The molecule has 84 valence electrons. The summed E-state index contributed by atoms with van der Waals surface area (Å²) in [6, 6.07) is 0.0923. The van der Waals surface area contributed by atoms with Gasteiger partial charge in [0.15, 0.2) is 5.69 Å². The molecule has 0 spiro atoms. The molecule has 0 bridgehead atoms. The molecule has 0 fully saturated rings. The van der Waals surface area contributed by atoms with Crippen LogP contribution in [0.1, 0.15) is 36.1 Å². The number of carbonyl (C=O) groups is 1. The number of rotatable bonds is 2. The molecular formula is C8H9F3N2O2. The summed E-state index contributed by atoms with van der Waals surface area (Å²) >= 11 is 0. The molecule has 1 aromatic rings. The van der Waals surface area contributed by atoms with Gasteiger partial charge in [-0.2, -0.15) is 18.3 Å². The minimum Gasteiger partial charge on any atom is -0.477 e. The molecule has 0 aromatic carbocycles. The van der Waals surface area contributed by atoms with Crippen LogP contribution < -0.4 is 0 Å². The maximum absolute atomic E-state index is 12.2. The van der Waals surface area contributed by atoms with E-state index in [4.69, 9.17) is 5.11 Å². The molecule has 1 heterocycles. The smallest absolute Gasteiger partial charge is 0.435 e. The number of carboxylic acids is 1. The Labute approximate surface area is 83.3 Å². The number of hydrogen-bond donors (Lipinski definition) is 1. The summed E-state index contributed by atoms with van der Waals surface area (Å²) in [6.07, 6.45) is -4.62. The zero-order valence-electron chi connectivity index (χ0n) is 8.04. The largest absolute Gasteiger partial charge is 0.477 e. The second-order valence-electron chi connectivity index (χ2n) is 3.26. The number of carboxylic acid groups (broad SMARTS) is 1. The Morgan fingerprint density at radius 3 is 2.33 bits per heavy atom. The minimum absolute atomic E-state index is 0.438. The predicted octanol–water partition coefficient (Wildman–Crippen LogP) is 2.18. The maximum atomic E-state index is 12.2. The molecule has 4 nitrogen and oxygen atoms in total. The average molecular weight is 222 g/mol. The third-order valence-corrected chi connectivity index (χ3v) is 1.73. The first-order valence-electron chi connectivity index (χ1n) is 4.13. The third kappa shape index (κ3) is 2.28. The first-order chi connectivity index (χ1) is 6.73. The van der Waals surface area contributed by atoms with Crippen LogP contribution in [0.3, 0.4) is 0 Å². The summed E-state index contributed by atoms with van der Waals surface area (Å²) in [7, 11) is 0. The third-order valence-electron chi connectivity index (χ3n) is 1.73. The van der Waals surface area contributed by atoms with Crippen molar-refractivity contribution in [2.45, 2.75) is 26.1 Å². The van der Waals surface area contributed by atoms with Gasteiger partial charge in [-0.25, -0.2) is 4.79 Å². The average Bonchev–Trinajstić information content (AvgIpc) is 2.45. The first-order valence-corrected chi connectivity index (χ1v) is 4.13. The Hall–Kier alpha value is -1.53. The normalized spacial score (nSPS) is 12.1. The standard InChI is InChI=1S/C8H9F3N2O2/c1-4(2)13-5(7(14)15)3-6(12-13)8(9,10)11/h3-4H,1-2H3,(H,14,15). The zero-order valence-corrected chi connectivity index (χ0v) is 8.04. The summed E-state index contributed by atoms with van der Waals surface area (Å²) in [4.78, 5) is 10.6. The second kappa shape index (κ2) is 3.56. The van der Waals surface area contributed by atoms with Crippen LogP contribution in [0.25, 0.3) is 0 Å². The Bertz CT molecular complexity index is 382. The highest BCUT2D eigenvalue weighted by Crippen LogP contribution is 2.29. The molecule has 0 aliphatic carbocycles. The molecule has 0 radical (unpaired) electrons. The lowest BCUT2D eigenvalue weighted by atomic mass is 10.3. The van der Waals surface area contributed by atoms with Crippen LogP contribution in [-0.4, -0.2) is 20.9 Å². The van der Waals surface area contributed by atoms with E-state index >= 15 is 0 Å². The molecule has 1 N–H and O–H groups in total. The van der Waals surface area contributed by atoms with Crippen molar-refractivity contribution in [2.24, 2.45) is 0 Å². The van der Waals surface area contributed by atoms with E-state index in [-0.39, 0.29) is 0 Å². The molecule has 0 amide bonds. The van der Waals surface area contributed by atoms with E-state index in [2.05, 4.69) is 5.10 Å². The number of aromatic nitrogens is 2. The number of halogens is 3. The number of hydrogen-bond acceptors (Lipinski definition) is 2. The molecule has 0 unspecified atom stereocenters. The lowest BCUT2D eigenvalue weighted by Crippen LogP contribution is -2.12. The van der Waals surface area contributed by atoms with Crippen molar-refractivity contribution in [3.05, 3.63) is 17.5 Å². The number of aromatic carboxylic acids is 1. The fourth-order valence-electron chi connectivity index (χ4n) is 1.09. The highest BCUT2D eigenvalue weighted by atomic mass is 19.4. The fraction of sp³-hybridized carbons (Fsp3) is 0.500. The Morgan fingerprint density at radius 2 is 2.07 bits per heavy atom. The predicted molar refractivity (Wildman–Crippen MR) is 44.6 cm³/mol. The van der Waals surface area contributed by atoms with Gasteiger partial charge in [-0.3, -0.25) is 4.68 Å². The molecule has 1 aromatic heterocycles. The maximum Gasteiger partial charge on any atom is 0.435 e. The SMILES string of the molecule is CC(C)n1nc(C(F)(F)F)cc1C(=O)O. The molecular weight excluding hydrogens is 213 g/mol. The van der Waals surface area contributed by atoms with Crippen molar-refractivity contribution < 1.29 is 23.1 Å². The van der Waals surface area contributed by atoms with Crippen LogP contribution in [0.15, 0.2) is 6.07 Å². The molecule has 7 heteroatoms. The van der Waals surface area contributed by atoms with Crippen LogP contribution in [0.4, 0.5) is 13.2 Å². The topological polar surface area (TPSA) is 55.1 Å². The summed E-state index contributed by atoms with van der Waals surface area (Å²) < 4.78 is 37.6. The van der Waals surface area contributed by atoms with Crippen LogP contribution in [-0.2, 0) is 6.18 Å². The van der Waals surface area contributed by atoms with Gasteiger partial charge in [-0.1, -0.05) is 0 Å². The van der Waals surface area contributed by atoms with E-state index in [1.54, 1.807) is 13.8 Å². The molecule has 0 aliphatic heterocycles. The van der Waals surface area contributed by atoms with Crippen molar-refractivity contribution >= 4 is 5.97 Å². The Kier molecular flexibility index (Phi) is 2.74. The van der Waals surface area contributed by atoms with Gasteiger partial charge in [-0.15, -0.1) is 0 Å². The van der Waals surface area contributed by atoms with E-state index in [9.17, 15) is 18.0 Å². The van der Waals surface area contributed by atoms with Gasteiger partial charge in [-0.05, 0) is 13.8 Å². The van der Waals surface area contributed by atoms with Gasteiger partial charge in [0.25, 0.3) is 0 Å². The molecule has 0 atom stereocenters. The zero-order chi connectivity index (χ0) is 11.8. The second-order valence-corrected chi connectivity index (χ2v) is 3.26. The molecule has 15 heavy (non-hydrogen) atoms. The molecule has 0 aliphatic rings. The van der Waals surface area contributed by atoms with Gasteiger partial charge in [0.05, 0.1) is 0 Å². The lowest BCUT2D eigenvalue weighted by molar-refractivity contribution is -0.141. The van der Waals surface area contributed by atoms with Crippen molar-refractivity contribution in [3.63, 3.8) is 0 Å². The minimum atomic E-state index is -4.62. The van der Waals surface area contributed by atoms with Gasteiger partial charge < -0.3 is 5.11 Å². The van der Waals surface area contributed by atoms with E-state index in [1.807, 2.05) is 0 Å². The lowest BCUT2D eigenvalue weighted by Gasteiger charge is -2.07. The van der Waals surface area contributed by atoms with E-state index in [0.717, 1.165) is 4.68 Å². The number of nitrogens with zero attached hydrogens (tertiary/aromatic N) is 2. The molecule has 0 saturated heterocycles. The van der Waals surface area contributed by atoms with Crippen molar-refractivity contribution in [1.29, 1.82) is 0 Å². The Morgan fingerprint density at radius 1 is 1.53 bits per heavy atom. The summed E-state index contributed by atoms with van der Waals surface area (Å²) in [5.74, 6) is -1.42. The van der Waals surface area contributed by atoms with Crippen molar-refractivity contribution in [3.8, 4) is 0 Å². The van der Waals surface area contributed by atoms with E-state index in [1.165, 1.54) is 0 Å². The van der Waals surface area contributed by atoms with Crippen molar-refractivity contribution in [2.75, 3.05) is 0 Å². The highest BCUT2D eigenvalue weighted by molar-refractivity contribution is 5.85. The summed E-state index contributed by atoms with van der Waals surface area (Å²) in [5.41, 5.74) is -1.65. The first kappa shape index (κ1) is 11.5. The molecule has 1 rings (SSSR count). The van der Waals surface area contributed by atoms with Crippen LogP contribution >= 0.6 is 0 Å². The quantitative estimate of drug-likeness (QED) is 0.834. The van der Waals surface area contributed by atoms with E-state index < -0.39 is 29.6 Å². The fourth-order valence-corrected chi connectivity index (χ4v) is 1.09. The van der Waals surface area contributed by atoms with Gasteiger partial charge in [0, 0.05) is 12.1 Å². The monoisotopic (exact) mass is 222 g/mol. The van der Waals surface area contributed by atoms with Crippen molar-refractivity contribution in [1.82, 2.24) is 9.78 Å². The molecule has 0 saturated carbocycles. The highest BCUT2D eigenvalue weighted by Gasteiger charge is 2.36.